The van der Waals surface area contributed by atoms with Gasteiger partial charge in [-0.15, -0.1) is 0 Å². The smallest absolute Gasteiger partial charge is 0.250 e. The van der Waals surface area contributed by atoms with Gasteiger partial charge in [-0.3, -0.25) is 4.79 Å². The summed E-state index contributed by atoms with van der Waals surface area (Å²) in [7, 11) is 0. The third-order valence-electron chi connectivity index (χ3n) is 4.10. The molecule has 0 aromatic heterocycles. The van der Waals surface area contributed by atoms with Crippen molar-refractivity contribution < 1.29 is 4.79 Å². The normalized spacial score (nSPS) is 19.7. The molecule has 19 heavy (non-hydrogen) atoms. The minimum absolute atomic E-state index is 0.296. The van der Waals surface area contributed by atoms with Crippen LogP contribution in [0.1, 0.15) is 37.6 Å². The second-order valence-electron chi connectivity index (χ2n) is 6.40. The van der Waals surface area contributed by atoms with Gasteiger partial charge in [0.1, 0.15) is 0 Å². The number of amides is 1. The minimum Gasteiger partial charge on any atom is -0.396 e. The number of primary amides is 1. The molecule has 4 nitrogen and oxygen atoms in total. The van der Waals surface area contributed by atoms with Crippen molar-refractivity contribution in [1.29, 1.82) is 0 Å². The van der Waals surface area contributed by atoms with Crippen LogP contribution in [0.2, 0.25) is 0 Å². The molecule has 1 aromatic rings. The van der Waals surface area contributed by atoms with Crippen LogP contribution < -0.4 is 16.4 Å². The number of benzene rings is 1. The third-order valence-corrected chi connectivity index (χ3v) is 4.10. The van der Waals surface area contributed by atoms with E-state index in [9.17, 15) is 4.79 Å². The molecule has 1 aliphatic rings. The number of nitrogens with two attached hydrogens (primary N) is 2. The van der Waals surface area contributed by atoms with E-state index in [0.29, 0.717) is 22.6 Å². The average Bonchev–Trinajstić information content (AvgIpc) is 2.77. The zero-order chi connectivity index (χ0) is 14.2. The van der Waals surface area contributed by atoms with Gasteiger partial charge in [-0.2, -0.15) is 0 Å². The monoisotopic (exact) mass is 261 g/mol. The molecule has 4 heteroatoms. The molecular formula is C15H23N3O. The lowest BCUT2D eigenvalue weighted by atomic mass is 9.80. The first-order chi connectivity index (χ1) is 8.80. The summed E-state index contributed by atoms with van der Waals surface area (Å²) in [6, 6.07) is 5.49. The molecule has 104 valence electrons. The molecule has 0 spiro atoms. The summed E-state index contributed by atoms with van der Waals surface area (Å²) >= 11 is 0. The Hall–Kier alpha value is -1.71. The van der Waals surface area contributed by atoms with E-state index in [2.05, 4.69) is 25.7 Å². The van der Waals surface area contributed by atoms with Crippen LogP contribution in [-0.4, -0.2) is 19.0 Å². The first-order valence-electron chi connectivity index (χ1n) is 6.74. The van der Waals surface area contributed by atoms with Gasteiger partial charge in [-0.1, -0.05) is 26.8 Å². The van der Waals surface area contributed by atoms with Gasteiger partial charge in [0.15, 0.2) is 0 Å². The highest BCUT2D eigenvalue weighted by Gasteiger charge is 2.32. The lowest BCUT2D eigenvalue weighted by Crippen LogP contribution is -2.27. The number of carbonyl (C=O) groups is 1. The Morgan fingerprint density at radius 1 is 1.37 bits per heavy atom. The lowest BCUT2D eigenvalue weighted by molar-refractivity contribution is 0.100. The van der Waals surface area contributed by atoms with Crippen LogP contribution in [0.3, 0.4) is 0 Å². The van der Waals surface area contributed by atoms with Gasteiger partial charge in [-0.05, 0) is 29.9 Å². The van der Waals surface area contributed by atoms with E-state index in [1.54, 1.807) is 6.07 Å². The Morgan fingerprint density at radius 3 is 2.58 bits per heavy atom. The molecule has 0 bridgehead atoms. The summed E-state index contributed by atoms with van der Waals surface area (Å²) in [5.74, 6) is 0.176. The molecule has 0 radical (unpaired) electrons. The number of nitrogens with zero attached hydrogens (tertiary/aromatic N) is 1. The van der Waals surface area contributed by atoms with Gasteiger partial charge in [0.05, 0.1) is 16.9 Å². The minimum atomic E-state index is -0.467. The van der Waals surface area contributed by atoms with E-state index >= 15 is 0 Å². The maximum Gasteiger partial charge on any atom is 0.250 e. The number of rotatable bonds is 2. The molecule has 1 aromatic carbocycles. The summed E-state index contributed by atoms with van der Waals surface area (Å²) in [6.07, 6.45) is 1.16. The maximum absolute atomic E-state index is 11.3. The van der Waals surface area contributed by atoms with Crippen molar-refractivity contribution in [2.75, 3.05) is 23.7 Å². The van der Waals surface area contributed by atoms with Gasteiger partial charge in [0, 0.05) is 13.1 Å². The average molecular weight is 261 g/mol. The standard InChI is InChI=1S/C15H23N3O/c1-15(2,3)10-7-8-18(9-10)12-6-4-5-11(13(12)16)14(17)19/h4-6,10H,7-9,16H2,1-3H3,(H2,17,19). The quantitative estimate of drug-likeness (QED) is 0.802. The fourth-order valence-electron chi connectivity index (χ4n) is 2.73. The number of nitrogen functional groups attached to an aromatic ring is 1. The fourth-order valence-corrected chi connectivity index (χ4v) is 2.73. The summed E-state index contributed by atoms with van der Waals surface area (Å²) in [5.41, 5.74) is 13.6. The van der Waals surface area contributed by atoms with Crippen molar-refractivity contribution in [2.45, 2.75) is 27.2 Å². The van der Waals surface area contributed by atoms with E-state index in [1.165, 1.54) is 0 Å². The topological polar surface area (TPSA) is 72.3 Å². The second-order valence-corrected chi connectivity index (χ2v) is 6.40. The van der Waals surface area contributed by atoms with Gasteiger partial charge >= 0.3 is 0 Å². The van der Waals surface area contributed by atoms with Crippen molar-refractivity contribution in [1.82, 2.24) is 0 Å². The molecule has 1 atom stereocenters. The Balaban J connectivity index is 2.25. The van der Waals surface area contributed by atoms with Crippen LogP contribution in [0, 0.1) is 11.3 Å². The lowest BCUT2D eigenvalue weighted by Gasteiger charge is -2.28. The van der Waals surface area contributed by atoms with E-state index in [0.717, 1.165) is 25.2 Å². The van der Waals surface area contributed by atoms with Crippen molar-refractivity contribution in [3.8, 4) is 0 Å². The van der Waals surface area contributed by atoms with Crippen LogP contribution in [0.15, 0.2) is 18.2 Å². The summed E-state index contributed by atoms with van der Waals surface area (Å²) in [4.78, 5) is 13.6. The number of hydrogen-bond donors (Lipinski definition) is 2. The Morgan fingerprint density at radius 2 is 2.05 bits per heavy atom. The van der Waals surface area contributed by atoms with E-state index in [-0.39, 0.29) is 0 Å². The highest BCUT2D eigenvalue weighted by atomic mass is 16.1. The largest absolute Gasteiger partial charge is 0.396 e. The Labute approximate surface area is 114 Å². The molecule has 0 saturated carbocycles. The first kappa shape index (κ1) is 13.7. The molecule has 0 aliphatic carbocycles. The molecule has 1 aliphatic heterocycles. The Kier molecular flexibility index (Phi) is 3.43. The number of para-hydroxylation sites is 1. The molecule has 1 saturated heterocycles. The van der Waals surface area contributed by atoms with E-state index in [4.69, 9.17) is 11.5 Å². The van der Waals surface area contributed by atoms with Crippen molar-refractivity contribution in [3.63, 3.8) is 0 Å². The molecular weight excluding hydrogens is 238 g/mol. The molecule has 1 amide bonds. The summed E-state index contributed by atoms with van der Waals surface area (Å²) in [6.45, 7) is 8.77. The predicted molar refractivity (Wildman–Crippen MR) is 79.1 cm³/mol. The number of carbonyl (C=O) groups excluding carboxylic acids is 1. The van der Waals surface area contributed by atoms with E-state index in [1.807, 2.05) is 12.1 Å². The zero-order valence-electron chi connectivity index (χ0n) is 11.9. The van der Waals surface area contributed by atoms with Gasteiger partial charge in [0.25, 0.3) is 5.91 Å². The van der Waals surface area contributed by atoms with E-state index < -0.39 is 5.91 Å². The van der Waals surface area contributed by atoms with Crippen molar-refractivity contribution in [2.24, 2.45) is 17.1 Å². The van der Waals surface area contributed by atoms with Crippen LogP contribution in [0.5, 0.6) is 0 Å². The van der Waals surface area contributed by atoms with Crippen molar-refractivity contribution in [3.05, 3.63) is 23.8 Å². The SMILES string of the molecule is CC(C)(C)C1CCN(c2cccc(C(N)=O)c2N)C1. The Bertz CT molecular complexity index is 491. The highest BCUT2D eigenvalue weighted by molar-refractivity contribution is 6.00. The van der Waals surface area contributed by atoms with Crippen molar-refractivity contribution >= 4 is 17.3 Å². The highest BCUT2D eigenvalue weighted by Crippen LogP contribution is 2.37. The molecule has 2 rings (SSSR count). The second kappa shape index (κ2) is 4.76. The number of hydrogen-bond acceptors (Lipinski definition) is 3. The molecule has 1 fully saturated rings. The molecule has 1 unspecified atom stereocenters. The predicted octanol–water partition coefficient (Wildman–Crippen LogP) is 2.24. The zero-order valence-corrected chi connectivity index (χ0v) is 11.9. The third kappa shape index (κ3) is 2.67. The fraction of sp³-hybridized carbons (Fsp3) is 0.533. The van der Waals surface area contributed by atoms with Crippen LogP contribution in [-0.2, 0) is 0 Å². The first-order valence-corrected chi connectivity index (χ1v) is 6.74. The van der Waals surface area contributed by atoms with Crippen LogP contribution >= 0.6 is 0 Å². The van der Waals surface area contributed by atoms with Crippen LogP contribution in [0.4, 0.5) is 11.4 Å². The maximum atomic E-state index is 11.3. The van der Waals surface area contributed by atoms with Gasteiger partial charge in [-0.25, -0.2) is 0 Å². The number of anilines is 2. The summed E-state index contributed by atoms with van der Waals surface area (Å²) in [5, 5.41) is 0. The van der Waals surface area contributed by atoms with Gasteiger partial charge in [0.2, 0.25) is 0 Å². The summed E-state index contributed by atoms with van der Waals surface area (Å²) < 4.78 is 0. The molecule has 4 N–H and O–H groups in total. The van der Waals surface area contributed by atoms with Gasteiger partial charge < -0.3 is 16.4 Å². The molecule has 1 heterocycles. The van der Waals surface area contributed by atoms with Crippen LogP contribution in [0.25, 0.3) is 0 Å².